The topological polar surface area (TPSA) is 15.3 Å². The highest BCUT2D eigenvalue weighted by Gasteiger charge is 2.28. The first-order valence-corrected chi connectivity index (χ1v) is 5.54. The highest BCUT2D eigenvalue weighted by molar-refractivity contribution is 4.77. The smallest absolute Gasteiger partial charge is 0.313 e. The van der Waals surface area contributed by atoms with Crippen LogP contribution in [0.4, 0.5) is 13.2 Å². The Morgan fingerprint density at radius 2 is 2.13 bits per heavy atom. The van der Waals surface area contributed by atoms with Crippen LogP contribution in [0.1, 0.15) is 26.2 Å². The monoisotopic (exact) mass is 224 g/mol. The van der Waals surface area contributed by atoms with Crippen molar-refractivity contribution in [1.29, 1.82) is 0 Å². The fraction of sp³-hybridized carbons (Fsp3) is 1.00. The van der Waals surface area contributed by atoms with Crippen LogP contribution in [0.2, 0.25) is 0 Å². The maximum atomic E-state index is 12.0. The quantitative estimate of drug-likeness (QED) is 0.768. The van der Waals surface area contributed by atoms with Crippen LogP contribution in [0, 0.1) is 0 Å². The molecule has 1 heterocycles. The highest BCUT2D eigenvalue weighted by atomic mass is 19.4. The van der Waals surface area contributed by atoms with Crippen LogP contribution in [0.3, 0.4) is 0 Å². The third kappa shape index (κ3) is 5.37. The van der Waals surface area contributed by atoms with Crippen molar-refractivity contribution in [2.45, 2.75) is 38.4 Å². The minimum absolute atomic E-state index is 0.123. The van der Waals surface area contributed by atoms with E-state index in [1.165, 1.54) is 0 Å². The van der Waals surface area contributed by atoms with Gasteiger partial charge in [-0.05, 0) is 25.9 Å². The molecule has 1 N–H and O–H groups in total. The number of hydrogen-bond donors (Lipinski definition) is 1. The Morgan fingerprint density at radius 3 is 2.60 bits per heavy atom. The van der Waals surface area contributed by atoms with Gasteiger partial charge in [-0.3, -0.25) is 0 Å². The van der Waals surface area contributed by atoms with Crippen molar-refractivity contribution in [1.82, 2.24) is 10.2 Å². The zero-order chi connectivity index (χ0) is 11.3. The summed E-state index contributed by atoms with van der Waals surface area (Å²) in [7, 11) is 0. The molecule has 0 aromatic heterocycles. The minimum atomic E-state index is -4.03. The van der Waals surface area contributed by atoms with Crippen LogP contribution in [-0.2, 0) is 0 Å². The number of rotatable bonds is 5. The first kappa shape index (κ1) is 12.8. The van der Waals surface area contributed by atoms with E-state index in [0.29, 0.717) is 12.6 Å². The maximum Gasteiger partial charge on any atom is 0.390 e. The Balaban J connectivity index is 2.22. The van der Waals surface area contributed by atoms with Gasteiger partial charge >= 0.3 is 6.18 Å². The Morgan fingerprint density at radius 1 is 1.40 bits per heavy atom. The summed E-state index contributed by atoms with van der Waals surface area (Å²) in [5, 5.41) is 3.30. The molecular formula is C10H19F3N2. The number of nitrogens with one attached hydrogen (secondary N) is 1. The molecule has 0 saturated carbocycles. The third-order valence-electron chi connectivity index (χ3n) is 2.80. The van der Waals surface area contributed by atoms with Crippen molar-refractivity contribution in [3.05, 3.63) is 0 Å². The molecule has 0 amide bonds. The second kappa shape index (κ2) is 5.70. The zero-order valence-corrected chi connectivity index (χ0v) is 9.11. The van der Waals surface area contributed by atoms with Gasteiger partial charge in [0.2, 0.25) is 0 Å². The molecule has 5 heteroatoms. The van der Waals surface area contributed by atoms with Crippen LogP contribution in [0.25, 0.3) is 0 Å². The van der Waals surface area contributed by atoms with Gasteiger partial charge in [0, 0.05) is 19.1 Å². The van der Waals surface area contributed by atoms with E-state index in [9.17, 15) is 13.2 Å². The van der Waals surface area contributed by atoms with E-state index in [0.717, 1.165) is 25.9 Å². The second-order valence-corrected chi connectivity index (χ2v) is 4.05. The molecule has 2 nitrogen and oxygen atoms in total. The first-order chi connectivity index (χ1) is 7.01. The summed E-state index contributed by atoms with van der Waals surface area (Å²) in [5.74, 6) is 0. The van der Waals surface area contributed by atoms with Gasteiger partial charge in [0.15, 0.2) is 0 Å². The molecule has 1 rings (SSSR count). The summed E-state index contributed by atoms with van der Waals surface area (Å²) < 4.78 is 36.1. The van der Waals surface area contributed by atoms with Crippen LogP contribution < -0.4 is 5.32 Å². The average molecular weight is 224 g/mol. The standard InChI is InChI=1S/C10H19F3N2/c1-2-15(7-5-10(11,12)13)8-9-4-3-6-14-9/h9,14H,2-8H2,1H3. The summed E-state index contributed by atoms with van der Waals surface area (Å²) in [4.78, 5) is 1.87. The van der Waals surface area contributed by atoms with Gasteiger partial charge in [-0.1, -0.05) is 6.92 Å². The molecule has 0 aromatic rings. The van der Waals surface area contributed by atoms with Gasteiger partial charge in [-0.15, -0.1) is 0 Å². The molecule has 0 bridgehead atoms. The largest absolute Gasteiger partial charge is 0.390 e. The molecule has 15 heavy (non-hydrogen) atoms. The summed E-state index contributed by atoms with van der Waals surface area (Å²) in [6, 6.07) is 0.387. The van der Waals surface area contributed by atoms with E-state index in [4.69, 9.17) is 0 Å². The molecule has 0 radical (unpaired) electrons. The lowest BCUT2D eigenvalue weighted by atomic mass is 10.2. The summed E-state index contributed by atoms with van der Waals surface area (Å²) in [6.45, 7) is 4.46. The van der Waals surface area contributed by atoms with Crippen LogP contribution in [-0.4, -0.2) is 43.3 Å². The van der Waals surface area contributed by atoms with Gasteiger partial charge in [-0.2, -0.15) is 13.2 Å². The molecule has 1 aliphatic rings. The molecule has 1 fully saturated rings. The van der Waals surface area contributed by atoms with Gasteiger partial charge in [-0.25, -0.2) is 0 Å². The number of nitrogens with zero attached hydrogens (tertiary/aromatic N) is 1. The van der Waals surface area contributed by atoms with E-state index in [-0.39, 0.29) is 6.54 Å². The van der Waals surface area contributed by atoms with Crippen molar-refractivity contribution in [3.8, 4) is 0 Å². The van der Waals surface area contributed by atoms with E-state index in [1.807, 2.05) is 11.8 Å². The molecule has 0 spiro atoms. The number of hydrogen-bond acceptors (Lipinski definition) is 2. The van der Waals surface area contributed by atoms with Crippen molar-refractivity contribution in [3.63, 3.8) is 0 Å². The fourth-order valence-electron chi connectivity index (χ4n) is 1.89. The maximum absolute atomic E-state index is 12.0. The Hall–Kier alpha value is -0.290. The molecule has 90 valence electrons. The fourth-order valence-corrected chi connectivity index (χ4v) is 1.89. The van der Waals surface area contributed by atoms with E-state index in [1.54, 1.807) is 0 Å². The molecule has 1 saturated heterocycles. The van der Waals surface area contributed by atoms with Crippen molar-refractivity contribution in [2.24, 2.45) is 0 Å². The van der Waals surface area contributed by atoms with Crippen LogP contribution in [0.5, 0.6) is 0 Å². The van der Waals surface area contributed by atoms with Crippen molar-refractivity contribution in [2.75, 3.05) is 26.2 Å². The summed E-state index contributed by atoms with van der Waals surface area (Å²) in [6.07, 6.45) is -2.51. The molecule has 1 unspecified atom stereocenters. The number of halogens is 3. The van der Waals surface area contributed by atoms with E-state index in [2.05, 4.69) is 5.32 Å². The summed E-state index contributed by atoms with van der Waals surface area (Å²) in [5.41, 5.74) is 0. The normalized spacial score (nSPS) is 22.6. The van der Waals surface area contributed by atoms with Crippen molar-refractivity contribution < 1.29 is 13.2 Å². The Labute approximate surface area is 88.8 Å². The van der Waals surface area contributed by atoms with Crippen LogP contribution >= 0.6 is 0 Å². The zero-order valence-electron chi connectivity index (χ0n) is 9.11. The first-order valence-electron chi connectivity index (χ1n) is 5.54. The number of likely N-dealkylation sites (N-methyl/N-ethyl adjacent to an activating group) is 1. The molecule has 0 aliphatic carbocycles. The lowest BCUT2D eigenvalue weighted by molar-refractivity contribution is -0.138. The van der Waals surface area contributed by atoms with Gasteiger partial charge in [0.1, 0.15) is 0 Å². The highest BCUT2D eigenvalue weighted by Crippen LogP contribution is 2.20. The molecule has 0 aromatic carbocycles. The lowest BCUT2D eigenvalue weighted by Crippen LogP contribution is -2.39. The number of alkyl halides is 3. The van der Waals surface area contributed by atoms with Gasteiger partial charge in [0.05, 0.1) is 6.42 Å². The SMILES string of the molecule is CCN(CCC(F)(F)F)CC1CCCN1. The average Bonchev–Trinajstić information content (AvgIpc) is 2.63. The second-order valence-electron chi connectivity index (χ2n) is 4.05. The predicted molar refractivity (Wildman–Crippen MR) is 53.8 cm³/mol. The molecule has 1 aliphatic heterocycles. The molecular weight excluding hydrogens is 205 g/mol. The Kier molecular flexibility index (Phi) is 4.86. The van der Waals surface area contributed by atoms with E-state index < -0.39 is 12.6 Å². The molecule has 1 atom stereocenters. The minimum Gasteiger partial charge on any atom is -0.313 e. The Bertz CT molecular complexity index is 176. The van der Waals surface area contributed by atoms with Gasteiger partial charge < -0.3 is 10.2 Å². The predicted octanol–water partition coefficient (Wildman–Crippen LogP) is 2.01. The lowest BCUT2D eigenvalue weighted by Gasteiger charge is -2.24. The third-order valence-corrected chi connectivity index (χ3v) is 2.80. The van der Waals surface area contributed by atoms with Crippen LogP contribution in [0.15, 0.2) is 0 Å². The van der Waals surface area contributed by atoms with Gasteiger partial charge in [0.25, 0.3) is 0 Å². The summed E-state index contributed by atoms with van der Waals surface area (Å²) >= 11 is 0. The van der Waals surface area contributed by atoms with Crippen molar-refractivity contribution >= 4 is 0 Å². The van der Waals surface area contributed by atoms with E-state index >= 15 is 0 Å².